The van der Waals surface area contributed by atoms with E-state index < -0.39 is 5.97 Å². The van der Waals surface area contributed by atoms with Gasteiger partial charge < -0.3 is 14.7 Å². The van der Waals surface area contributed by atoms with Crippen molar-refractivity contribution in [2.75, 3.05) is 26.8 Å². The lowest BCUT2D eigenvalue weighted by atomic mass is 9.92. The average Bonchev–Trinajstić information content (AvgIpc) is 2.36. The van der Waals surface area contributed by atoms with Crippen LogP contribution in [-0.2, 0) is 14.3 Å². The number of carbonyl (C=O) groups excluding carboxylic acids is 1. The Bertz CT molecular complexity index is 293. The van der Waals surface area contributed by atoms with Crippen LogP contribution in [-0.4, -0.2) is 48.7 Å². The van der Waals surface area contributed by atoms with Gasteiger partial charge in [-0.05, 0) is 25.2 Å². The van der Waals surface area contributed by atoms with Crippen molar-refractivity contribution in [2.45, 2.75) is 32.6 Å². The van der Waals surface area contributed by atoms with E-state index in [1.54, 1.807) is 7.11 Å². The molecule has 104 valence electrons. The third kappa shape index (κ3) is 4.64. The van der Waals surface area contributed by atoms with E-state index in [2.05, 4.69) is 0 Å². The molecule has 1 amide bonds. The summed E-state index contributed by atoms with van der Waals surface area (Å²) in [7, 11) is 1.59. The number of aliphatic carboxylic acids is 1. The number of methoxy groups -OCH3 is 1. The van der Waals surface area contributed by atoms with Gasteiger partial charge in [0.2, 0.25) is 5.91 Å². The number of amides is 1. The van der Waals surface area contributed by atoms with Crippen LogP contribution in [0.15, 0.2) is 0 Å². The minimum atomic E-state index is -0.758. The zero-order valence-corrected chi connectivity index (χ0v) is 11.2. The molecule has 0 radical (unpaired) electrons. The average molecular weight is 257 g/mol. The van der Waals surface area contributed by atoms with Crippen LogP contribution >= 0.6 is 0 Å². The number of carboxylic acids is 1. The van der Waals surface area contributed by atoms with Gasteiger partial charge in [0.25, 0.3) is 0 Å². The quantitative estimate of drug-likeness (QED) is 0.780. The second kappa shape index (κ2) is 7.36. The van der Waals surface area contributed by atoms with Crippen LogP contribution in [0.5, 0.6) is 0 Å². The maximum atomic E-state index is 12.1. The second-order valence-corrected chi connectivity index (χ2v) is 5.08. The maximum Gasteiger partial charge on any atom is 0.303 e. The lowest BCUT2D eigenvalue weighted by Gasteiger charge is -2.34. The summed E-state index contributed by atoms with van der Waals surface area (Å²) in [6, 6.07) is 0. The Labute approximate surface area is 108 Å². The summed E-state index contributed by atoms with van der Waals surface area (Å²) in [5.74, 6) is -0.426. The molecule has 0 saturated carbocycles. The number of hydrogen-bond acceptors (Lipinski definition) is 3. The van der Waals surface area contributed by atoms with Gasteiger partial charge in [-0.25, -0.2) is 0 Å². The third-order valence-corrected chi connectivity index (χ3v) is 3.44. The SMILES string of the molecule is COC[C@@H](C)C(=O)N1CCC[C@H](CCC(=O)O)C1. The first kappa shape index (κ1) is 15.0. The molecule has 0 spiro atoms. The fourth-order valence-corrected chi connectivity index (χ4v) is 2.46. The van der Waals surface area contributed by atoms with Crippen LogP contribution in [0.4, 0.5) is 0 Å². The zero-order valence-electron chi connectivity index (χ0n) is 11.2. The molecule has 1 aliphatic heterocycles. The van der Waals surface area contributed by atoms with Gasteiger partial charge in [0.1, 0.15) is 0 Å². The van der Waals surface area contributed by atoms with Gasteiger partial charge in [-0.1, -0.05) is 6.92 Å². The van der Waals surface area contributed by atoms with Crippen LogP contribution in [0.3, 0.4) is 0 Å². The molecule has 1 fully saturated rings. The monoisotopic (exact) mass is 257 g/mol. The largest absolute Gasteiger partial charge is 0.481 e. The van der Waals surface area contributed by atoms with E-state index in [-0.39, 0.29) is 18.2 Å². The van der Waals surface area contributed by atoms with Gasteiger partial charge in [0.15, 0.2) is 0 Å². The highest BCUT2D eigenvalue weighted by atomic mass is 16.5. The topological polar surface area (TPSA) is 66.8 Å². The lowest BCUT2D eigenvalue weighted by molar-refractivity contribution is -0.138. The molecule has 0 aliphatic carbocycles. The number of ether oxygens (including phenoxy) is 1. The molecule has 1 aliphatic rings. The number of nitrogens with zero attached hydrogens (tertiary/aromatic N) is 1. The molecule has 18 heavy (non-hydrogen) atoms. The van der Waals surface area contributed by atoms with Crippen LogP contribution in [0.2, 0.25) is 0 Å². The van der Waals surface area contributed by atoms with Crippen molar-refractivity contribution in [1.29, 1.82) is 0 Å². The highest BCUT2D eigenvalue weighted by Crippen LogP contribution is 2.22. The third-order valence-electron chi connectivity index (χ3n) is 3.44. The maximum absolute atomic E-state index is 12.1. The van der Waals surface area contributed by atoms with Crippen molar-refractivity contribution in [3.8, 4) is 0 Å². The summed E-state index contributed by atoms with van der Waals surface area (Å²) >= 11 is 0. The molecule has 0 aromatic heterocycles. The molecule has 1 N–H and O–H groups in total. The number of piperidine rings is 1. The zero-order chi connectivity index (χ0) is 13.5. The lowest BCUT2D eigenvalue weighted by Crippen LogP contribution is -2.43. The Morgan fingerprint density at radius 3 is 2.83 bits per heavy atom. The van der Waals surface area contributed by atoms with Crippen molar-refractivity contribution in [1.82, 2.24) is 4.90 Å². The van der Waals surface area contributed by atoms with Gasteiger partial charge in [-0.2, -0.15) is 0 Å². The molecule has 0 bridgehead atoms. The smallest absolute Gasteiger partial charge is 0.303 e. The van der Waals surface area contributed by atoms with Crippen LogP contribution < -0.4 is 0 Å². The molecule has 2 atom stereocenters. The first-order valence-electron chi connectivity index (χ1n) is 6.54. The van der Waals surface area contributed by atoms with E-state index in [1.807, 2.05) is 11.8 Å². The Morgan fingerprint density at radius 1 is 1.50 bits per heavy atom. The first-order chi connectivity index (χ1) is 8.54. The number of carboxylic acid groups (broad SMARTS) is 1. The normalized spacial score (nSPS) is 21.7. The molecule has 1 rings (SSSR count). The summed E-state index contributed by atoms with van der Waals surface area (Å²) in [6.07, 6.45) is 2.85. The van der Waals surface area contributed by atoms with E-state index in [0.29, 0.717) is 25.5 Å². The predicted molar refractivity (Wildman–Crippen MR) is 67.2 cm³/mol. The van der Waals surface area contributed by atoms with E-state index in [4.69, 9.17) is 9.84 Å². The fraction of sp³-hybridized carbons (Fsp3) is 0.846. The molecule has 1 saturated heterocycles. The summed E-state index contributed by atoms with van der Waals surface area (Å²) in [5, 5.41) is 8.68. The molecular weight excluding hydrogens is 234 g/mol. The van der Waals surface area contributed by atoms with Crippen molar-refractivity contribution in [2.24, 2.45) is 11.8 Å². The standard InChI is InChI=1S/C13H23NO4/c1-10(9-18-2)13(17)14-7-3-4-11(8-14)5-6-12(15)16/h10-11H,3-9H2,1-2H3,(H,15,16)/t10-,11-/m1/s1. The van der Waals surface area contributed by atoms with Gasteiger partial charge in [-0.3, -0.25) is 9.59 Å². The van der Waals surface area contributed by atoms with Gasteiger partial charge in [0.05, 0.1) is 12.5 Å². The van der Waals surface area contributed by atoms with E-state index in [9.17, 15) is 9.59 Å². The van der Waals surface area contributed by atoms with Gasteiger partial charge in [-0.15, -0.1) is 0 Å². The molecule has 0 aromatic carbocycles. The number of hydrogen-bond donors (Lipinski definition) is 1. The van der Waals surface area contributed by atoms with E-state index in [1.165, 1.54) is 0 Å². The number of rotatable bonds is 6. The van der Waals surface area contributed by atoms with E-state index in [0.717, 1.165) is 19.4 Å². The predicted octanol–water partition coefficient (Wildman–Crippen LogP) is 1.37. The molecule has 1 heterocycles. The number of carbonyl (C=O) groups is 2. The van der Waals surface area contributed by atoms with Crippen molar-refractivity contribution in [3.05, 3.63) is 0 Å². The van der Waals surface area contributed by atoms with Crippen molar-refractivity contribution < 1.29 is 19.4 Å². The molecular formula is C13H23NO4. The highest BCUT2D eigenvalue weighted by Gasteiger charge is 2.26. The van der Waals surface area contributed by atoms with Gasteiger partial charge in [0, 0.05) is 26.6 Å². The summed E-state index contributed by atoms with van der Waals surface area (Å²) < 4.78 is 5.00. The Hall–Kier alpha value is -1.10. The summed E-state index contributed by atoms with van der Waals surface area (Å²) in [6.45, 7) is 3.79. The first-order valence-corrected chi connectivity index (χ1v) is 6.54. The van der Waals surface area contributed by atoms with E-state index >= 15 is 0 Å². The minimum absolute atomic E-state index is 0.117. The molecule has 0 unspecified atom stereocenters. The molecule has 5 heteroatoms. The fourth-order valence-electron chi connectivity index (χ4n) is 2.46. The Kier molecular flexibility index (Phi) is 6.12. The summed E-state index contributed by atoms with van der Waals surface area (Å²) in [5.41, 5.74) is 0. The second-order valence-electron chi connectivity index (χ2n) is 5.08. The summed E-state index contributed by atoms with van der Waals surface area (Å²) in [4.78, 5) is 24.5. The van der Waals surface area contributed by atoms with Gasteiger partial charge >= 0.3 is 5.97 Å². The molecule has 5 nitrogen and oxygen atoms in total. The van der Waals surface area contributed by atoms with Crippen LogP contribution in [0.25, 0.3) is 0 Å². The number of likely N-dealkylation sites (tertiary alicyclic amines) is 1. The highest BCUT2D eigenvalue weighted by molar-refractivity contribution is 5.78. The van der Waals surface area contributed by atoms with Crippen molar-refractivity contribution >= 4 is 11.9 Å². The van der Waals surface area contributed by atoms with Crippen LogP contribution in [0.1, 0.15) is 32.6 Å². The Balaban J connectivity index is 2.42. The Morgan fingerprint density at radius 2 is 2.22 bits per heavy atom. The minimum Gasteiger partial charge on any atom is -0.481 e. The van der Waals surface area contributed by atoms with Crippen LogP contribution in [0, 0.1) is 11.8 Å². The van der Waals surface area contributed by atoms with Crippen molar-refractivity contribution in [3.63, 3.8) is 0 Å². The molecule has 0 aromatic rings.